The highest BCUT2D eigenvalue weighted by atomic mass is 32.1. The van der Waals surface area contributed by atoms with Gasteiger partial charge in [-0.2, -0.15) is 4.98 Å². The van der Waals surface area contributed by atoms with Crippen molar-refractivity contribution < 1.29 is 9.85 Å². The number of thiazole rings is 1. The maximum absolute atomic E-state index is 13.2. The molecule has 148 valence electrons. The van der Waals surface area contributed by atoms with E-state index in [0.29, 0.717) is 10.5 Å². The molecule has 0 amide bonds. The molecular formula is C17H9N7O5S. The van der Waals surface area contributed by atoms with Crippen molar-refractivity contribution in [1.82, 2.24) is 19.2 Å². The van der Waals surface area contributed by atoms with Crippen LogP contribution < -0.4 is 11.3 Å². The highest BCUT2D eigenvalue weighted by molar-refractivity contribution is 7.23. The monoisotopic (exact) mass is 423 g/mol. The Kier molecular flexibility index (Phi) is 3.57. The molecule has 0 atom stereocenters. The van der Waals surface area contributed by atoms with Gasteiger partial charge in [0.05, 0.1) is 26.1 Å². The van der Waals surface area contributed by atoms with Crippen LogP contribution in [0.25, 0.3) is 31.9 Å². The maximum Gasteiger partial charge on any atom is 0.301 e. The second-order valence-electron chi connectivity index (χ2n) is 6.29. The molecule has 3 heterocycles. The van der Waals surface area contributed by atoms with E-state index in [0.717, 1.165) is 27.6 Å². The number of non-ortho nitro benzene ring substituents is 1. The fourth-order valence-corrected chi connectivity index (χ4v) is 4.30. The van der Waals surface area contributed by atoms with E-state index in [1.807, 2.05) is 12.1 Å². The van der Waals surface area contributed by atoms with Crippen LogP contribution in [0.4, 0.5) is 17.2 Å². The number of para-hydroxylation sites is 1. The van der Waals surface area contributed by atoms with Crippen LogP contribution in [0.5, 0.6) is 0 Å². The van der Waals surface area contributed by atoms with Crippen LogP contribution >= 0.6 is 11.3 Å². The molecule has 12 nitrogen and oxygen atoms in total. The number of nitro benzene ring substituents is 2. The molecule has 0 aliphatic heterocycles. The minimum atomic E-state index is -0.777. The molecule has 0 spiro atoms. The Balaban J connectivity index is 1.84. The summed E-state index contributed by atoms with van der Waals surface area (Å²) >= 11 is 1.29. The second-order valence-corrected chi connectivity index (χ2v) is 7.30. The van der Waals surface area contributed by atoms with Crippen molar-refractivity contribution in [3.8, 4) is 5.69 Å². The number of nitrogen functional groups attached to an aromatic ring is 1. The molecule has 0 aliphatic rings. The lowest BCUT2D eigenvalue weighted by molar-refractivity contribution is -0.394. The van der Waals surface area contributed by atoms with Gasteiger partial charge in [0.15, 0.2) is 10.6 Å². The van der Waals surface area contributed by atoms with E-state index in [4.69, 9.17) is 5.73 Å². The maximum atomic E-state index is 13.2. The molecule has 0 saturated carbocycles. The normalized spacial score (nSPS) is 11.5. The van der Waals surface area contributed by atoms with E-state index in [9.17, 15) is 25.0 Å². The van der Waals surface area contributed by atoms with E-state index < -0.39 is 26.8 Å². The van der Waals surface area contributed by atoms with Gasteiger partial charge in [0, 0.05) is 6.07 Å². The quantitative estimate of drug-likeness (QED) is 0.342. The van der Waals surface area contributed by atoms with Gasteiger partial charge in [-0.3, -0.25) is 29.4 Å². The fraction of sp³-hybridized carbons (Fsp3) is 0. The first-order valence-electron chi connectivity index (χ1n) is 8.38. The van der Waals surface area contributed by atoms with Crippen LogP contribution in [0.1, 0.15) is 0 Å². The van der Waals surface area contributed by atoms with Crippen molar-refractivity contribution >= 4 is 54.7 Å². The Morgan fingerprint density at radius 2 is 1.83 bits per heavy atom. The lowest BCUT2D eigenvalue weighted by atomic mass is 10.2. The zero-order valence-corrected chi connectivity index (χ0v) is 15.6. The lowest BCUT2D eigenvalue weighted by Gasteiger charge is -2.04. The molecule has 0 radical (unpaired) electrons. The standard InChI is InChI=1S/C17H9N7O5S/c18-14-13-15(19-17-21(16(13)25)10-3-1-2-4-12(10)30-17)20-22(14)9-6-5-8(23(26)27)7-11(9)24(28)29/h1-7H,18H2. The van der Waals surface area contributed by atoms with Crippen LogP contribution in [0.3, 0.4) is 0 Å². The van der Waals surface area contributed by atoms with Crippen molar-refractivity contribution in [2.45, 2.75) is 0 Å². The summed E-state index contributed by atoms with van der Waals surface area (Å²) in [5.41, 5.74) is 5.22. The Morgan fingerprint density at radius 3 is 2.57 bits per heavy atom. The number of hydrogen-bond donors (Lipinski definition) is 1. The number of nitro groups is 2. The first-order chi connectivity index (χ1) is 14.4. The van der Waals surface area contributed by atoms with E-state index in [-0.39, 0.29) is 22.5 Å². The molecule has 2 N–H and O–H groups in total. The van der Waals surface area contributed by atoms with Gasteiger partial charge >= 0.3 is 5.69 Å². The molecule has 0 unspecified atom stereocenters. The van der Waals surface area contributed by atoms with E-state index >= 15 is 0 Å². The van der Waals surface area contributed by atoms with Crippen molar-refractivity contribution in [2.24, 2.45) is 0 Å². The third-order valence-corrected chi connectivity index (χ3v) is 5.64. The van der Waals surface area contributed by atoms with Crippen LogP contribution in [-0.4, -0.2) is 29.0 Å². The molecule has 3 aromatic heterocycles. The molecule has 5 rings (SSSR count). The predicted octanol–water partition coefficient (Wildman–Crippen LogP) is 2.65. The van der Waals surface area contributed by atoms with Gasteiger partial charge in [0.1, 0.15) is 16.9 Å². The highest BCUT2D eigenvalue weighted by Gasteiger charge is 2.25. The summed E-state index contributed by atoms with van der Waals surface area (Å²) in [6.07, 6.45) is 0. The van der Waals surface area contributed by atoms with Crippen molar-refractivity contribution in [3.63, 3.8) is 0 Å². The van der Waals surface area contributed by atoms with Gasteiger partial charge < -0.3 is 5.73 Å². The number of aromatic nitrogens is 4. The third kappa shape index (κ3) is 2.35. The van der Waals surface area contributed by atoms with Gasteiger partial charge in [0.25, 0.3) is 11.2 Å². The second kappa shape index (κ2) is 6.05. The summed E-state index contributed by atoms with van der Waals surface area (Å²) in [4.78, 5) is 38.9. The van der Waals surface area contributed by atoms with E-state index in [2.05, 4.69) is 10.1 Å². The van der Waals surface area contributed by atoms with Crippen molar-refractivity contribution in [2.75, 3.05) is 5.73 Å². The van der Waals surface area contributed by atoms with Gasteiger partial charge in [-0.1, -0.05) is 23.5 Å². The smallest absolute Gasteiger partial charge is 0.301 e. The minimum absolute atomic E-state index is 0.00343. The van der Waals surface area contributed by atoms with E-state index in [1.165, 1.54) is 15.7 Å². The molecule has 5 aromatic rings. The molecule has 0 fully saturated rings. The third-order valence-electron chi connectivity index (χ3n) is 4.61. The number of rotatable bonds is 3. The molecule has 13 heteroatoms. The van der Waals surface area contributed by atoms with Gasteiger partial charge in [0.2, 0.25) is 0 Å². The summed E-state index contributed by atoms with van der Waals surface area (Å²) in [5.74, 6) is -0.149. The number of hydrogen-bond acceptors (Lipinski definition) is 9. The molecule has 0 bridgehead atoms. The number of nitrogens with zero attached hydrogens (tertiary/aromatic N) is 6. The van der Waals surface area contributed by atoms with Crippen LogP contribution in [-0.2, 0) is 0 Å². The van der Waals surface area contributed by atoms with E-state index in [1.54, 1.807) is 12.1 Å². The first kappa shape index (κ1) is 17.7. The van der Waals surface area contributed by atoms with Crippen LogP contribution in [0.2, 0.25) is 0 Å². The average molecular weight is 423 g/mol. The highest BCUT2D eigenvalue weighted by Crippen LogP contribution is 2.32. The minimum Gasteiger partial charge on any atom is -0.383 e. The molecule has 2 aromatic carbocycles. The summed E-state index contributed by atoms with van der Waals surface area (Å²) in [5, 5.41) is 26.6. The number of fused-ring (bicyclic) bond motifs is 4. The molecule has 0 saturated heterocycles. The van der Waals surface area contributed by atoms with Gasteiger partial charge in [-0.25, -0.2) is 4.68 Å². The largest absolute Gasteiger partial charge is 0.383 e. The zero-order valence-electron chi connectivity index (χ0n) is 14.8. The lowest BCUT2D eigenvalue weighted by Crippen LogP contribution is -2.14. The predicted molar refractivity (Wildman–Crippen MR) is 109 cm³/mol. The molecule has 30 heavy (non-hydrogen) atoms. The summed E-state index contributed by atoms with van der Waals surface area (Å²) in [7, 11) is 0. The molecular weight excluding hydrogens is 414 g/mol. The Hall–Kier alpha value is -4.39. The van der Waals surface area contributed by atoms with Crippen LogP contribution in [0.15, 0.2) is 47.3 Å². The number of nitrogens with two attached hydrogens (primary N) is 1. The molecule has 0 aliphatic carbocycles. The summed E-state index contributed by atoms with van der Waals surface area (Å²) < 4.78 is 3.27. The average Bonchev–Trinajstić information content (AvgIpc) is 3.25. The van der Waals surface area contributed by atoms with Crippen molar-refractivity contribution in [3.05, 3.63) is 73.0 Å². The Labute approximate surface area is 168 Å². The number of benzene rings is 2. The Morgan fingerprint density at radius 1 is 1.07 bits per heavy atom. The van der Waals surface area contributed by atoms with Crippen LogP contribution in [0, 0.1) is 20.2 Å². The van der Waals surface area contributed by atoms with Gasteiger partial charge in [-0.05, 0) is 18.2 Å². The van der Waals surface area contributed by atoms with Gasteiger partial charge in [-0.15, -0.1) is 5.10 Å². The topological polar surface area (TPSA) is 164 Å². The van der Waals surface area contributed by atoms with Crippen molar-refractivity contribution in [1.29, 1.82) is 0 Å². The number of anilines is 1. The fourth-order valence-electron chi connectivity index (χ4n) is 3.28. The first-order valence-corrected chi connectivity index (χ1v) is 9.20. The summed E-state index contributed by atoms with van der Waals surface area (Å²) in [6.45, 7) is 0. The summed E-state index contributed by atoms with van der Waals surface area (Å²) in [6, 6.07) is 10.3. The Bertz CT molecular complexity index is 1600. The zero-order chi connectivity index (χ0) is 21.2. The SMILES string of the molecule is Nc1c2c(=O)n3c(nc2nn1-c1ccc([N+](=O)[O-])cc1[N+](=O)[O-])sc1ccccc13.